The highest BCUT2D eigenvalue weighted by molar-refractivity contribution is 8.31. The molecule has 28 heavy (non-hydrogen) atoms. The van der Waals surface area contributed by atoms with Crippen molar-refractivity contribution in [3.63, 3.8) is 0 Å². The van der Waals surface area contributed by atoms with Crippen LogP contribution in [0.15, 0.2) is 48.6 Å². The Kier molecular flexibility index (Phi) is 7.74. The summed E-state index contributed by atoms with van der Waals surface area (Å²) >= 11 is 0. The largest absolute Gasteiger partial charge is 0.496 e. The summed E-state index contributed by atoms with van der Waals surface area (Å²) in [4.78, 5) is 2.60. The number of allylic oxidation sites excluding steroid dienone is 1. The average molecular weight is 425 g/mol. The molecule has 1 aromatic rings. The van der Waals surface area contributed by atoms with Crippen LogP contribution in [0.3, 0.4) is 0 Å². The van der Waals surface area contributed by atoms with Gasteiger partial charge in [-0.2, -0.15) is 0 Å². The van der Waals surface area contributed by atoms with Gasteiger partial charge >= 0.3 is 4.38 Å². The van der Waals surface area contributed by atoms with Crippen molar-refractivity contribution in [1.29, 1.82) is 0 Å². The number of methoxy groups -OCH3 is 1. The Bertz CT molecular complexity index is 984. The van der Waals surface area contributed by atoms with Crippen LogP contribution in [-0.4, -0.2) is 44.6 Å². The Hall–Kier alpha value is -2.22. The maximum Gasteiger partial charge on any atom is 0.495 e. The van der Waals surface area contributed by atoms with Crippen molar-refractivity contribution in [2.45, 2.75) is 25.7 Å². The fourth-order valence-corrected chi connectivity index (χ4v) is 6.32. The zero-order valence-corrected chi connectivity index (χ0v) is 17.3. The molecule has 1 fully saturated rings. The molecular weight excluding hydrogens is 400 g/mol. The zero-order valence-electron chi connectivity index (χ0n) is 15.7. The average Bonchev–Trinajstić information content (AvgIpc) is 3.16. The van der Waals surface area contributed by atoms with Gasteiger partial charge in [0.15, 0.2) is 0 Å². The van der Waals surface area contributed by atoms with Crippen LogP contribution in [0.5, 0.6) is 0 Å². The molecule has 0 radical (unpaired) electrons. The quantitative estimate of drug-likeness (QED) is 0.167. The minimum Gasteiger partial charge on any atom is -0.496 e. The van der Waals surface area contributed by atoms with Crippen LogP contribution in [0, 0.1) is 5.92 Å². The highest BCUT2D eigenvalue weighted by atomic mass is 32.3. The van der Waals surface area contributed by atoms with E-state index in [-0.39, 0.29) is 5.76 Å². The maximum absolute atomic E-state index is 12.5. The van der Waals surface area contributed by atoms with Gasteiger partial charge in [0.2, 0.25) is 0 Å². The van der Waals surface area contributed by atoms with Crippen molar-refractivity contribution in [3.05, 3.63) is 59.7 Å². The summed E-state index contributed by atoms with van der Waals surface area (Å²) in [5.41, 5.74) is 9.74. The van der Waals surface area contributed by atoms with Crippen molar-refractivity contribution in [2.24, 2.45) is 5.92 Å². The molecule has 1 saturated carbocycles. The summed E-state index contributed by atoms with van der Waals surface area (Å²) < 4.78 is 53.7. The summed E-state index contributed by atoms with van der Waals surface area (Å²) in [5, 5.41) is 0. The molecular formula is C19H24N2O5S2. The number of rotatable bonds is 7. The molecule has 0 saturated heterocycles. The zero-order chi connectivity index (χ0) is 20.6. The van der Waals surface area contributed by atoms with Gasteiger partial charge < -0.3 is 10.3 Å². The summed E-state index contributed by atoms with van der Waals surface area (Å²) in [7, 11) is -7.27. The number of sulfone groups is 2. The first-order valence-electron chi connectivity index (χ1n) is 8.94. The van der Waals surface area contributed by atoms with Crippen molar-refractivity contribution in [1.82, 2.24) is 0 Å². The molecule has 0 N–H and O–H groups in total. The Morgan fingerprint density at radius 3 is 2.29 bits per heavy atom. The van der Waals surface area contributed by atoms with Crippen LogP contribution in [0.1, 0.15) is 31.2 Å². The van der Waals surface area contributed by atoms with E-state index < -0.39 is 35.6 Å². The molecule has 0 atom stereocenters. The third-order valence-electron chi connectivity index (χ3n) is 4.50. The third-order valence-corrected chi connectivity index (χ3v) is 8.49. The standard InChI is InChI=1S/C19H24N2O5S2/c1-26-18(17-11-3-2-4-12-17)13-15-28(24,25)19(21-20)27(22,23)14-7-10-16-8-5-6-9-16/h2-4,7,10-13,16H,5-6,8-9,14-15H2,1H3. The van der Waals surface area contributed by atoms with Crippen molar-refractivity contribution in [2.75, 3.05) is 18.6 Å². The van der Waals surface area contributed by atoms with Gasteiger partial charge in [-0.25, -0.2) is 16.8 Å². The monoisotopic (exact) mass is 424 g/mol. The van der Waals surface area contributed by atoms with Crippen LogP contribution in [0.2, 0.25) is 0 Å². The molecule has 0 heterocycles. The molecule has 7 nitrogen and oxygen atoms in total. The Morgan fingerprint density at radius 1 is 1.11 bits per heavy atom. The van der Waals surface area contributed by atoms with Crippen molar-refractivity contribution < 1.29 is 26.4 Å². The van der Waals surface area contributed by atoms with Gasteiger partial charge in [0.25, 0.3) is 19.7 Å². The van der Waals surface area contributed by atoms with E-state index in [0.717, 1.165) is 25.7 Å². The van der Waals surface area contributed by atoms with E-state index in [1.54, 1.807) is 36.4 Å². The first-order chi connectivity index (χ1) is 13.3. The second kappa shape index (κ2) is 9.82. The second-order valence-electron chi connectivity index (χ2n) is 6.54. The van der Waals surface area contributed by atoms with Gasteiger partial charge in [0.05, 0.1) is 18.6 Å². The highest BCUT2D eigenvalue weighted by Crippen LogP contribution is 2.25. The van der Waals surface area contributed by atoms with Crippen LogP contribution in [-0.2, 0) is 24.4 Å². The van der Waals surface area contributed by atoms with Crippen LogP contribution in [0.4, 0.5) is 0 Å². The number of nitrogens with zero attached hydrogens (tertiary/aromatic N) is 2. The van der Waals surface area contributed by atoms with E-state index in [1.165, 1.54) is 19.3 Å². The lowest BCUT2D eigenvalue weighted by atomic mass is 10.1. The van der Waals surface area contributed by atoms with Gasteiger partial charge in [0, 0.05) is 5.56 Å². The molecule has 0 bridgehead atoms. The number of hydrogen-bond donors (Lipinski definition) is 0. The lowest BCUT2D eigenvalue weighted by Gasteiger charge is -2.06. The number of ether oxygens (including phenoxy) is 1. The molecule has 0 unspecified atom stereocenters. The Labute approximate surface area is 166 Å². The van der Waals surface area contributed by atoms with E-state index in [0.29, 0.717) is 11.5 Å². The molecule has 0 amide bonds. The van der Waals surface area contributed by atoms with Gasteiger partial charge in [0.1, 0.15) is 5.76 Å². The SMILES string of the molecule is COC(=CCS(=O)(=O)C(=[N+]=[N-])S(=O)(=O)CC=CC1CCCC1)c1ccccc1. The molecule has 152 valence electrons. The lowest BCUT2D eigenvalue weighted by Crippen LogP contribution is -2.29. The van der Waals surface area contributed by atoms with E-state index in [2.05, 4.69) is 4.79 Å². The number of hydrogen-bond acceptors (Lipinski definition) is 5. The molecule has 0 aromatic heterocycles. The van der Waals surface area contributed by atoms with Gasteiger partial charge in [-0.05, 0) is 24.8 Å². The van der Waals surface area contributed by atoms with Crippen LogP contribution in [0.25, 0.3) is 11.3 Å². The fraction of sp³-hybridized carbons (Fsp3) is 0.421. The summed E-state index contributed by atoms with van der Waals surface area (Å²) in [6.45, 7) is 0. The minimum absolute atomic E-state index is 0.278. The predicted octanol–water partition coefficient (Wildman–Crippen LogP) is 2.84. The van der Waals surface area contributed by atoms with Gasteiger partial charge in [-0.15, -0.1) is 4.79 Å². The topological polar surface area (TPSA) is 114 Å². The summed E-state index contributed by atoms with van der Waals surface area (Å²) in [5.74, 6) is -0.600. The van der Waals surface area contributed by atoms with Crippen molar-refractivity contribution >= 4 is 29.8 Å². The molecule has 0 aliphatic heterocycles. The molecule has 2 rings (SSSR count). The minimum atomic E-state index is -4.37. The number of benzene rings is 1. The predicted molar refractivity (Wildman–Crippen MR) is 109 cm³/mol. The molecule has 0 spiro atoms. The molecule has 1 aliphatic carbocycles. The second-order valence-corrected chi connectivity index (χ2v) is 10.7. The smallest absolute Gasteiger partial charge is 0.495 e. The normalized spacial score (nSPS) is 16.2. The third kappa shape index (κ3) is 5.89. The maximum atomic E-state index is 12.5. The van der Waals surface area contributed by atoms with E-state index >= 15 is 0 Å². The fourth-order valence-electron chi connectivity index (χ4n) is 3.09. The summed E-state index contributed by atoms with van der Waals surface area (Å²) in [6.07, 6.45) is 8.69. The van der Waals surface area contributed by atoms with Crippen molar-refractivity contribution in [3.8, 4) is 0 Å². The molecule has 1 aliphatic rings. The first-order valence-corrected chi connectivity index (χ1v) is 12.2. The van der Waals surface area contributed by atoms with E-state index in [4.69, 9.17) is 10.3 Å². The highest BCUT2D eigenvalue weighted by Gasteiger charge is 2.40. The molecule has 9 heteroatoms. The van der Waals surface area contributed by atoms with Gasteiger partial charge in [-0.1, -0.05) is 55.3 Å². The van der Waals surface area contributed by atoms with Gasteiger partial charge in [-0.3, -0.25) is 0 Å². The Balaban J connectivity index is 2.16. The molecule has 1 aromatic carbocycles. The summed E-state index contributed by atoms with van der Waals surface area (Å²) in [6, 6.07) is 8.79. The van der Waals surface area contributed by atoms with Crippen LogP contribution >= 0.6 is 0 Å². The van der Waals surface area contributed by atoms with Crippen LogP contribution < -0.4 is 0 Å². The lowest BCUT2D eigenvalue weighted by molar-refractivity contribution is 0.00385. The Morgan fingerprint density at radius 2 is 1.71 bits per heavy atom. The van der Waals surface area contributed by atoms with E-state index in [9.17, 15) is 16.8 Å². The first kappa shape index (κ1) is 22.1. The van der Waals surface area contributed by atoms with E-state index in [1.807, 2.05) is 0 Å².